The molecule has 0 spiro atoms. The van der Waals surface area contributed by atoms with Gasteiger partial charge in [-0.15, -0.1) is 0 Å². The Morgan fingerprint density at radius 1 is 1.21 bits per heavy atom. The van der Waals surface area contributed by atoms with Crippen LogP contribution < -0.4 is 14.4 Å². The minimum absolute atomic E-state index is 0.116. The summed E-state index contributed by atoms with van der Waals surface area (Å²) in [5.41, 5.74) is 2.01. The molecule has 0 atom stereocenters. The molecule has 0 radical (unpaired) electrons. The topological polar surface area (TPSA) is 38.8 Å². The number of amides is 1. The molecule has 24 heavy (non-hydrogen) atoms. The lowest BCUT2D eigenvalue weighted by atomic mass is 10.0. The highest BCUT2D eigenvalue weighted by atomic mass is 35.5. The molecule has 0 bridgehead atoms. The number of nitrogens with zero attached hydrogens (tertiary/aromatic N) is 1. The van der Waals surface area contributed by atoms with Gasteiger partial charge in [-0.1, -0.05) is 29.3 Å². The van der Waals surface area contributed by atoms with Crippen LogP contribution in [0, 0.1) is 0 Å². The molecule has 0 N–H and O–H groups in total. The molecule has 0 fully saturated rings. The first-order chi connectivity index (χ1) is 11.6. The maximum absolute atomic E-state index is 12.6. The van der Waals surface area contributed by atoms with Crippen LogP contribution in [-0.2, 0) is 11.2 Å². The summed E-state index contributed by atoms with van der Waals surface area (Å²) in [6, 6.07) is 10.8. The first-order valence-corrected chi connectivity index (χ1v) is 8.40. The molecule has 1 heterocycles. The summed E-state index contributed by atoms with van der Waals surface area (Å²) >= 11 is 12.1. The second kappa shape index (κ2) is 7.32. The van der Waals surface area contributed by atoms with E-state index in [2.05, 4.69) is 0 Å². The Labute approximate surface area is 150 Å². The first-order valence-electron chi connectivity index (χ1n) is 7.64. The normalized spacial score (nSPS) is 13.4. The fraction of sp³-hybridized carbons (Fsp3) is 0.278. The number of anilines is 1. The van der Waals surface area contributed by atoms with Crippen LogP contribution in [0.2, 0.25) is 10.0 Å². The van der Waals surface area contributed by atoms with Crippen molar-refractivity contribution < 1.29 is 14.3 Å². The van der Waals surface area contributed by atoms with Gasteiger partial charge in [0.15, 0.2) is 12.4 Å². The Morgan fingerprint density at radius 2 is 1.96 bits per heavy atom. The van der Waals surface area contributed by atoms with E-state index in [9.17, 15) is 4.79 Å². The third kappa shape index (κ3) is 3.45. The van der Waals surface area contributed by atoms with Crippen molar-refractivity contribution in [3.8, 4) is 11.5 Å². The Balaban J connectivity index is 1.75. The van der Waals surface area contributed by atoms with Crippen molar-refractivity contribution in [3.05, 3.63) is 52.0 Å². The van der Waals surface area contributed by atoms with Crippen molar-refractivity contribution in [1.29, 1.82) is 0 Å². The molecule has 6 heteroatoms. The zero-order valence-electron chi connectivity index (χ0n) is 13.2. The van der Waals surface area contributed by atoms with E-state index in [1.54, 1.807) is 30.2 Å². The molecule has 0 saturated carbocycles. The molecular weight excluding hydrogens is 349 g/mol. The average Bonchev–Trinajstić information content (AvgIpc) is 2.60. The highest BCUT2D eigenvalue weighted by molar-refractivity contribution is 6.37. The number of hydrogen-bond acceptors (Lipinski definition) is 3. The van der Waals surface area contributed by atoms with Crippen LogP contribution in [0.4, 0.5) is 5.69 Å². The highest BCUT2D eigenvalue weighted by Crippen LogP contribution is 2.33. The van der Waals surface area contributed by atoms with Crippen molar-refractivity contribution in [2.24, 2.45) is 0 Å². The van der Waals surface area contributed by atoms with E-state index in [1.165, 1.54) is 0 Å². The first kappa shape index (κ1) is 16.9. The van der Waals surface area contributed by atoms with Crippen LogP contribution in [0.1, 0.15) is 12.0 Å². The van der Waals surface area contributed by atoms with E-state index in [0.717, 1.165) is 29.8 Å². The summed E-state index contributed by atoms with van der Waals surface area (Å²) in [6.07, 6.45) is 1.83. The van der Waals surface area contributed by atoms with E-state index in [1.807, 2.05) is 18.2 Å². The van der Waals surface area contributed by atoms with Gasteiger partial charge in [0.2, 0.25) is 0 Å². The maximum Gasteiger partial charge on any atom is 0.264 e. The van der Waals surface area contributed by atoms with Crippen molar-refractivity contribution in [1.82, 2.24) is 0 Å². The molecule has 1 aliphatic rings. The molecule has 0 unspecified atom stereocenters. The Morgan fingerprint density at radius 3 is 2.67 bits per heavy atom. The molecule has 126 valence electrons. The third-order valence-electron chi connectivity index (χ3n) is 3.97. The van der Waals surface area contributed by atoms with E-state index in [-0.39, 0.29) is 12.5 Å². The highest BCUT2D eigenvalue weighted by Gasteiger charge is 2.23. The fourth-order valence-corrected chi connectivity index (χ4v) is 3.30. The lowest BCUT2D eigenvalue weighted by Gasteiger charge is -2.29. The van der Waals surface area contributed by atoms with E-state index >= 15 is 0 Å². The Kier molecular flexibility index (Phi) is 5.17. The molecule has 3 rings (SSSR count). The molecule has 0 aromatic heterocycles. The SMILES string of the molecule is COc1ccc2c(c1)CCCN2C(=O)COc1c(Cl)cccc1Cl. The van der Waals surface area contributed by atoms with Gasteiger partial charge in [-0.2, -0.15) is 0 Å². The van der Waals surface area contributed by atoms with Gasteiger partial charge in [0.1, 0.15) is 5.75 Å². The summed E-state index contributed by atoms with van der Waals surface area (Å²) in [6.45, 7) is 0.548. The minimum atomic E-state index is -0.128. The van der Waals surface area contributed by atoms with Gasteiger partial charge in [-0.05, 0) is 48.7 Å². The zero-order valence-corrected chi connectivity index (χ0v) is 14.7. The smallest absolute Gasteiger partial charge is 0.264 e. The predicted molar refractivity (Wildman–Crippen MR) is 95.6 cm³/mol. The largest absolute Gasteiger partial charge is 0.497 e. The summed E-state index contributed by atoms with van der Waals surface area (Å²) in [7, 11) is 1.63. The van der Waals surface area contributed by atoms with Crippen LogP contribution in [0.5, 0.6) is 11.5 Å². The molecule has 2 aromatic carbocycles. The number of ether oxygens (including phenoxy) is 2. The van der Waals surface area contributed by atoms with E-state index in [0.29, 0.717) is 22.3 Å². The second-order valence-electron chi connectivity index (χ2n) is 5.48. The van der Waals surface area contributed by atoms with Crippen LogP contribution in [0.15, 0.2) is 36.4 Å². The number of hydrogen-bond donors (Lipinski definition) is 0. The standard InChI is InChI=1S/C18H17Cl2NO3/c1-23-13-7-8-16-12(10-13)4-3-9-21(16)17(22)11-24-18-14(19)5-2-6-15(18)20/h2,5-8,10H,3-4,9,11H2,1H3. The number of halogens is 2. The van der Waals surface area contributed by atoms with Gasteiger partial charge in [0, 0.05) is 12.2 Å². The molecule has 0 saturated heterocycles. The summed E-state index contributed by atoms with van der Waals surface area (Å²) < 4.78 is 10.8. The summed E-state index contributed by atoms with van der Waals surface area (Å²) in [5.74, 6) is 1.00. The zero-order chi connectivity index (χ0) is 17.1. The molecular formula is C18H17Cl2NO3. The Bertz CT molecular complexity index is 744. The van der Waals surface area contributed by atoms with Gasteiger partial charge in [0.25, 0.3) is 5.91 Å². The number of fused-ring (bicyclic) bond motifs is 1. The van der Waals surface area contributed by atoms with Crippen LogP contribution in [-0.4, -0.2) is 26.2 Å². The van der Waals surface area contributed by atoms with Gasteiger partial charge >= 0.3 is 0 Å². The van der Waals surface area contributed by atoms with Crippen LogP contribution in [0.25, 0.3) is 0 Å². The van der Waals surface area contributed by atoms with Gasteiger partial charge < -0.3 is 14.4 Å². The van der Waals surface area contributed by atoms with Crippen molar-refractivity contribution in [2.75, 3.05) is 25.2 Å². The van der Waals surface area contributed by atoms with Gasteiger partial charge in [-0.25, -0.2) is 0 Å². The van der Waals surface area contributed by atoms with Crippen molar-refractivity contribution in [2.45, 2.75) is 12.8 Å². The fourth-order valence-electron chi connectivity index (χ4n) is 2.79. The van der Waals surface area contributed by atoms with Crippen molar-refractivity contribution >= 4 is 34.8 Å². The molecule has 2 aromatic rings. The number of methoxy groups -OCH3 is 1. The Hall–Kier alpha value is -1.91. The monoisotopic (exact) mass is 365 g/mol. The molecule has 1 aliphatic heterocycles. The quantitative estimate of drug-likeness (QED) is 0.807. The number of rotatable bonds is 4. The maximum atomic E-state index is 12.6. The number of carbonyl (C=O) groups excluding carboxylic acids is 1. The van der Waals surface area contributed by atoms with E-state index < -0.39 is 0 Å². The van der Waals surface area contributed by atoms with E-state index in [4.69, 9.17) is 32.7 Å². The minimum Gasteiger partial charge on any atom is -0.497 e. The van der Waals surface area contributed by atoms with Gasteiger partial charge in [0.05, 0.1) is 17.2 Å². The average molecular weight is 366 g/mol. The number of para-hydroxylation sites is 1. The lowest BCUT2D eigenvalue weighted by Crippen LogP contribution is -2.38. The lowest BCUT2D eigenvalue weighted by molar-refractivity contribution is -0.120. The third-order valence-corrected chi connectivity index (χ3v) is 4.56. The number of benzene rings is 2. The number of aryl methyl sites for hydroxylation is 1. The van der Waals surface area contributed by atoms with Gasteiger partial charge in [-0.3, -0.25) is 4.79 Å². The summed E-state index contributed by atoms with van der Waals surface area (Å²) in [4.78, 5) is 14.3. The predicted octanol–water partition coefficient (Wildman–Crippen LogP) is 4.36. The molecule has 4 nitrogen and oxygen atoms in total. The van der Waals surface area contributed by atoms with Crippen LogP contribution >= 0.6 is 23.2 Å². The second-order valence-corrected chi connectivity index (χ2v) is 6.30. The van der Waals surface area contributed by atoms with Crippen LogP contribution in [0.3, 0.4) is 0 Å². The summed E-state index contributed by atoms with van der Waals surface area (Å²) in [5, 5.41) is 0.776. The molecule has 1 amide bonds. The number of carbonyl (C=O) groups is 1. The van der Waals surface area contributed by atoms with Crippen molar-refractivity contribution in [3.63, 3.8) is 0 Å². The molecule has 0 aliphatic carbocycles.